The smallest absolute Gasteiger partial charge is 0.270 e. The van der Waals surface area contributed by atoms with Crippen molar-refractivity contribution in [2.24, 2.45) is 0 Å². The number of carbonyl (C=O) groups is 2. The van der Waals surface area contributed by atoms with Crippen LogP contribution in [0.3, 0.4) is 0 Å². The van der Waals surface area contributed by atoms with Gasteiger partial charge >= 0.3 is 0 Å². The Hall–Kier alpha value is -3.88. The van der Waals surface area contributed by atoms with Gasteiger partial charge in [-0.25, -0.2) is 9.29 Å². The van der Waals surface area contributed by atoms with E-state index >= 15 is 0 Å². The highest BCUT2D eigenvalue weighted by molar-refractivity contribution is 9.10. The normalized spacial score (nSPS) is 14.9. The molecule has 4 aromatic rings. The molecule has 1 N–H and O–H groups in total. The summed E-state index contributed by atoms with van der Waals surface area (Å²) in [5, 5.41) is 4.47. The molecule has 2 amide bonds. The number of benzene rings is 4. The van der Waals surface area contributed by atoms with Gasteiger partial charge in [-0.1, -0.05) is 70.5 Å². The van der Waals surface area contributed by atoms with Gasteiger partial charge in [0.05, 0.1) is 5.69 Å². The molecule has 0 radical (unpaired) electrons. The van der Waals surface area contributed by atoms with E-state index in [2.05, 4.69) is 21.2 Å². The van der Waals surface area contributed by atoms with E-state index in [-0.39, 0.29) is 23.0 Å². The van der Waals surface area contributed by atoms with Gasteiger partial charge in [0.1, 0.15) is 23.7 Å². The number of thiocarbonyl (C=S) groups is 1. The van der Waals surface area contributed by atoms with Gasteiger partial charge in [-0.05, 0) is 65.0 Å². The van der Waals surface area contributed by atoms with E-state index in [9.17, 15) is 14.0 Å². The predicted molar refractivity (Wildman–Crippen MR) is 145 cm³/mol. The van der Waals surface area contributed by atoms with Crippen molar-refractivity contribution in [3.8, 4) is 5.75 Å². The number of hydrogen-bond donors (Lipinski definition) is 1. The van der Waals surface area contributed by atoms with Crippen LogP contribution in [0.5, 0.6) is 5.75 Å². The number of nitrogens with one attached hydrogen (secondary N) is 1. The van der Waals surface area contributed by atoms with Gasteiger partial charge in [-0.3, -0.25) is 14.9 Å². The van der Waals surface area contributed by atoms with Crippen molar-refractivity contribution in [3.05, 3.63) is 112 Å². The molecule has 0 bridgehead atoms. The summed E-state index contributed by atoms with van der Waals surface area (Å²) in [5.41, 5.74) is 1.27. The van der Waals surface area contributed by atoms with Gasteiger partial charge in [0.2, 0.25) is 0 Å². The van der Waals surface area contributed by atoms with E-state index in [0.717, 1.165) is 25.7 Å². The quantitative estimate of drug-likeness (QED) is 0.180. The maximum atomic E-state index is 14.4. The lowest BCUT2D eigenvalue weighted by Crippen LogP contribution is -2.54. The second-order valence-corrected chi connectivity index (χ2v) is 9.32. The molecule has 8 heteroatoms. The first-order chi connectivity index (χ1) is 17.4. The first-order valence-corrected chi connectivity index (χ1v) is 12.2. The molecule has 36 heavy (non-hydrogen) atoms. The second kappa shape index (κ2) is 10.0. The zero-order chi connectivity index (χ0) is 25.2. The molecule has 0 spiro atoms. The summed E-state index contributed by atoms with van der Waals surface area (Å²) in [7, 11) is 0. The van der Waals surface area contributed by atoms with Gasteiger partial charge in [0, 0.05) is 10.0 Å². The number of fused-ring (bicyclic) bond motifs is 1. The molecule has 0 aliphatic carbocycles. The van der Waals surface area contributed by atoms with Crippen molar-refractivity contribution in [2.45, 2.75) is 6.61 Å². The van der Waals surface area contributed by atoms with E-state index in [0.29, 0.717) is 11.3 Å². The van der Waals surface area contributed by atoms with Gasteiger partial charge in [0.25, 0.3) is 11.8 Å². The van der Waals surface area contributed by atoms with Gasteiger partial charge in [0.15, 0.2) is 5.11 Å². The van der Waals surface area contributed by atoms with Crippen molar-refractivity contribution in [3.63, 3.8) is 0 Å². The van der Waals surface area contributed by atoms with Crippen LogP contribution in [0.15, 0.2) is 95.0 Å². The SMILES string of the molecule is O=C1NC(=S)N(c2ccccc2F)C(=O)/C1=C/c1cc(Br)ccc1OCc1cccc2ccccc12. The monoisotopic (exact) mass is 560 g/mol. The van der Waals surface area contributed by atoms with Crippen molar-refractivity contribution in [1.29, 1.82) is 0 Å². The molecule has 178 valence electrons. The number of amides is 2. The van der Waals surface area contributed by atoms with Gasteiger partial charge < -0.3 is 4.74 Å². The average molecular weight is 561 g/mol. The molecule has 5 nitrogen and oxygen atoms in total. The third-order valence-electron chi connectivity index (χ3n) is 5.73. The largest absolute Gasteiger partial charge is 0.488 e. The maximum Gasteiger partial charge on any atom is 0.270 e. The molecule has 4 aromatic carbocycles. The molecule has 1 aliphatic rings. The Morgan fingerprint density at radius 3 is 2.56 bits per heavy atom. The molecule has 1 fully saturated rings. The Morgan fingerprint density at radius 1 is 0.972 bits per heavy atom. The topological polar surface area (TPSA) is 58.6 Å². The zero-order valence-electron chi connectivity index (χ0n) is 18.7. The van der Waals surface area contributed by atoms with Crippen molar-refractivity contribution < 1.29 is 18.7 Å². The van der Waals surface area contributed by atoms with Crippen LogP contribution >= 0.6 is 28.1 Å². The molecule has 1 aliphatic heterocycles. The lowest BCUT2D eigenvalue weighted by atomic mass is 10.0. The maximum absolute atomic E-state index is 14.4. The number of rotatable bonds is 5. The minimum Gasteiger partial charge on any atom is -0.488 e. The number of hydrogen-bond acceptors (Lipinski definition) is 4. The van der Waals surface area contributed by atoms with Gasteiger partial charge in [-0.15, -0.1) is 0 Å². The van der Waals surface area contributed by atoms with E-state index < -0.39 is 17.6 Å². The van der Waals surface area contributed by atoms with Crippen LogP contribution in [0.25, 0.3) is 16.8 Å². The summed E-state index contributed by atoms with van der Waals surface area (Å²) >= 11 is 8.60. The molecule has 1 heterocycles. The molecule has 1 saturated heterocycles. The average Bonchev–Trinajstić information content (AvgIpc) is 2.87. The summed E-state index contributed by atoms with van der Waals surface area (Å²) < 4.78 is 21.3. The molecule has 0 atom stereocenters. The van der Waals surface area contributed by atoms with Crippen molar-refractivity contribution >= 4 is 67.6 Å². The summed E-state index contributed by atoms with van der Waals surface area (Å²) in [4.78, 5) is 27.0. The summed E-state index contributed by atoms with van der Waals surface area (Å²) in [6.45, 7) is 0.282. The highest BCUT2D eigenvalue weighted by Crippen LogP contribution is 2.30. The molecule has 0 aromatic heterocycles. The van der Waals surface area contributed by atoms with Crippen LogP contribution in [0, 0.1) is 5.82 Å². The van der Waals surface area contributed by atoms with Crippen molar-refractivity contribution in [1.82, 2.24) is 5.32 Å². The minimum absolute atomic E-state index is 0.0416. The zero-order valence-corrected chi connectivity index (χ0v) is 21.1. The highest BCUT2D eigenvalue weighted by atomic mass is 79.9. The number of ether oxygens (including phenoxy) is 1. The fourth-order valence-electron chi connectivity index (χ4n) is 4.00. The highest BCUT2D eigenvalue weighted by Gasteiger charge is 2.35. The van der Waals surface area contributed by atoms with Gasteiger partial charge in [-0.2, -0.15) is 0 Å². The van der Waals surface area contributed by atoms with E-state index in [1.165, 1.54) is 24.3 Å². The van der Waals surface area contributed by atoms with Crippen molar-refractivity contribution in [2.75, 3.05) is 4.90 Å². The molecule has 5 rings (SSSR count). The number of nitrogens with zero attached hydrogens (tertiary/aromatic N) is 1. The summed E-state index contributed by atoms with van der Waals surface area (Å²) in [6, 6.07) is 25.1. The summed E-state index contributed by atoms with van der Waals surface area (Å²) in [5.74, 6) is -1.55. The van der Waals surface area contributed by atoms with E-state index in [4.69, 9.17) is 17.0 Å². The molecule has 0 unspecified atom stereocenters. The first-order valence-electron chi connectivity index (χ1n) is 11.0. The standard InChI is InChI=1S/C28H18BrFN2O3S/c29-20-12-13-25(35-16-18-8-5-7-17-6-1-2-9-21(17)18)19(14-20)15-22-26(33)31-28(36)32(27(22)34)24-11-4-3-10-23(24)30/h1-15H,16H2,(H,31,33,36)/b22-15+. The number of halogens is 2. The fourth-order valence-corrected chi connectivity index (χ4v) is 4.65. The minimum atomic E-state index is -0.728. The third kappa shape index (κ3) is 4.65. The van der Waals surface area contributed by atoms with E-state index in [1.54, 1.807) is 18.2 Å². The lowest BCUT2D eigenvalue weighted by Gasteiger charge is -2.29. The molecular formula is C28H18BrFN2O3S. The summed E-state index contributed by atoms with van der Waals surface area (Å²) in [6.07, 6.45) is 1.43. The second-order valence-electron chi connectivity index (χ2n) is 8.02. The predicted octanol–water partition coefficient (Wildman–Crippen LogP) is 6.15. The Labute approximate surface area is 220 Å². The Balaban J connectivity index is 1.49. The van der Waals surface area contributed by atoms with Crippen LogP contribution in [0.1, 0.15) is 11.1 Å². The molecular weight excluding hydrogens is 543 g/mol. The Kier molecular flexibility index (Phi) is 6.63. The third-order valence-corrected chi connectivity index (χ3v) is 6.51. The Bertz CT molecular complexity index is 1560. The Morgan fingerprint density at radius 2 is 1.72 bits per heavy atom. The van der Waals surface area contributed by atoms with Crippen LogP contribution < -0.4 is 15.0 Å². The number of anilines is 1. The van der Waals surface area contributed by atoms with E-state index in [1.807, 2.05) is 48.5 Å². The van der Waals surface area contributed by atoms with Crippen LogP contribution in [0.2, 0.25) is 0 Å². The van der Waals surface area contributed by atoms with Crippen LogP contribution in [0.4, 0.5) is 10.1 Å². The van der Waals surface area contributed by atoms with Crippen LogP contribution in [-0.2, 0) is 16.2 Å². The molecule has 0 saturated carbocycles. The van der Waals surface area contributed by atoms with Crippen LogP contribution in [-0.4, -0.2) is 16.9 Å². The lowest BCUT2D eigenvalue weighted by molar-refractivity contribution is -0.122. The number of para-hydroxylation sites is 1. The number of carbonyl (C=O) groups excluding carboxylic acids is 2. The fraction of sp³-hybridized carbons (Fsp3) is 0.0357. The first kappa shape index (κ1) is 23.8.